The summed E-state index contributed by atoms with van der Waals surface area (Å²) in [6.45, 7) is 1.92. The highest BCUT2D eigenvalue weighted by atomic mass is 32.2. The van der Waals surface area contributed by atoms with Gasteiger partial charge in [-0.1, -0.05) is 12.1 Å². The maximum Gasteiger partial charge on any atom is 0.356 e. The van der Waals surface area contributed by atoms with E-state index in [2.05, 4.69) is 15.6 Å². The first-order valence-corrected chi connectivity index (χ1v) is 12.0. The number of rotatable bonds is 8. The molecule has 0 spiro atoms. The summed E-state index contributed by atoms with van der Waals surface area (Å²) in [5, 5.41) is 7.06. The fourth-order valence-corrected chi connectivity index (χ4v) is 5.20. The Morgan fingerprint density at radius 1 is 1.24 bits per heavy atom. The Labute approximate surface area is 197 Å². The number of hydrogen-bond donors (Lipinski definition) is 2. The molecule has 0 radical (unpaired) electrons. The minimum Gasteiger partial charge on any atom is -0.497 e. The number of hydrogen-bond acceptors (Lipinski definition) is 7. The van der Waals surface area contributed by atoms with Gasteiger partial charge in [0.15, 0.2) is 5.69 Å². The predicted octanol–water partition coefficient (Wildman–Crippen LogP) is 3.95. The minimum atomic E-state index is -0.520. The van der Waals surface area contributed by atoms with E-state index in [-0.39, 0.29) is 11.6 Å². The van der Waals surface area contributed by atoms with Crippen LogP contribution in [0.5, 0.6) is 5.75 Å². The van der Waals surface area contributed by atoms with E-state index >= 15 is 0 Å². The molecule has 0 saturated carbocycles. The molecule has 9 heteroatoms. The number of esters is 1. The largest absolute Gasteiger partial charge is 0.497 e. The molecule has 4 rings (SSSR count). The number of methoxy groups -OCH3 is 2. The van der Waals surface area contributed by atoms with Crippen molar-refractivity contribution in [3.8, 4) is 5.75 Å². The van der Waals surface area contributed by atoms with Gasteiger partial charge in [-0.05, 0) is 42.4 Å². The molecule has 0 bridgehead atoms. The summed E-state index contributed by atoms with van der Waals surface area (Å²) in [5.74, 6) is 2.19. The van der Waals surface area contributed by atoms with Crippen molar-refractivity contribution >= 4 is 46.0 Å². The predicted molar refractivity (Wildman–Crippen MR) is 131 cm³/mol. The zero-order chi connectivity index (χ0) is 23.4. The average molecular weight is 469 g/mol. The van der Waals surface area contributed by atoms with Crippen LogP contribution >= 0.6 is 11.8 Å². The van der Waals surface area contributed by atoms with Crippen molar-refractivity contribution in [2.24, 2.45) is 0 Å². The molecule has 1 amide bonds. The first-order valence-electron chi connectivity index (χ1n) is 10.9. The SMILES string of the molecule is COC(=O)c1c(NC(C)=O)c2cc(NC3CCSC3)cnc2n1CCc1ccc(OC)cc1. The Balaban J connectivity index is 1.74. The normalized spacial score (nSPS) is 15.4. The highest BCUT2D eigenvalue weighted by molar-refractivity contribution is 7.99. The van der Waals surface area contributed by atoms with E-state index in [0.717, 1.165) is 34.9 Å². The Bertz CT molecular complexity index is 1150. The topological polar surface area (TPSA) is 94.5 Å². The van der Waals surface area contributed by atoms with Gasteiger partial charge in [0.2, 0.25) is 5.91 Å². The maximum atomic E-state index is 12.8. The van der Waals surface area contributed by atoms with Crippen molar-refractivity contribution < 1.29 is 19.1 Å². The third-order valence-electron chi connectivity index (χ3n) is 5.66. The second-order valence-corrected chi connectivity index (χ2v) is 9.10. The second kappa shape index (κ2) is 10.2. The number of carbonyl (C=O) groups excluding carboxylic acids is 2. The minimum absolute atomic E-state index is 0.264. The summed E-state index contributed by atoms with van der Waals surface area (Å²) in [6.07, 6.45) is 3.55. The molecule has 3 aromatic rings. The lowest BCUT2D eigenvalue weighted by Crippen LogP contribution is -2.18. The lowest BCUT2D eigenvalue weighted by Gasteiger charge is -2.13. The first-order chi connectivity index (χ1) is 16.0. The van der Waals surface area contributed by atoms with Gasteiger partial charge in [-0.2, -0.15) is 11.8 Å². The molecule has 8 nitrogen and oxygen atoms in total. The average Bonchev–Trinajstić information content (AvgIpc) is 3.43. The lowest BCUT2D eigenvalue weighted by molar-refractivity contribution is -0.114. The van der Waals surface area contributed by atoms with Gasteiger partial charge in [-0.3, -0.25) is 4.79 Å². The quantitative estimate of drug-likeness (QED) is 0.484. The van der Waals surface area contributed by atoms with Crippen LogP contribution in [0.2, 0.25) is 0 Å². The number of amides is 1. The number of thioether (sulfide) groups is 1. The number of pyridine rings is 1. The highest BCUT2D eigenvalue weighted by Crippen LogP contribution is 2.33. The number of nitrogens with one attached hydrogen (secondary N) is 2. The van der Waals surface area contributed by atoms with E-state index in [1.807, 2.05) is 46.7 Å². The van der Waals surface area contributed by atoms with Gasteiger partial charge in [0.1, 0.15) is 11.4 Å². The summed E-state index contributed by atoms with van der Waals surface area (Å²) in [5.41, 5.74) is 3.30. The van der Waals surface area contributed by atoms with E-state index in [0.29, 0.717) is 35.7 Å². The number of fused-ring (bicyclic) bond motifs is 1. The Morgan fingerprint density at radius 3 is 2.67 bits per heavy atom. The van der Waals surface area contributed by atoms with E-state index in [9.17, 15) is 9.59 Å². The molecule has 1 aliphatic heterocycles. The van der Waals surface area contributed by atoms with E-state index < -0.39 is 5.97 Å². The van der Waals surface area contributed by atoms with Crippen LogP contribution < -0.4 is 15.4 Å². The molecule has 33 heavy (non-hydrogen) atoms. The summed E-state index contributed by atoms with van der Waals surface area (Å²) >= 11 is 1.92. The third kappa shape index (κ3) is 5.08. The Kier molecular flexibility index (Phi) is 7.08. The standard InChI is InChI=1S/C24H28N4O4S/c1-15(29)26-21-20-12-18(27-17-9-11-33-14-17)13-25-23(20)28(22(21)24(30)32-3)10-8-16-4-6-19(31-2)7-5-16/h4-7,12-13,17,27H,8-11,14H2,1-3H3,(H,26,29). The first kappa shape index (κ1) is 23.0. The number of benzene rings is 1. The molecule has 1 aromatic carbocycles. The van der Waals surface area contributed by atoms with Gasteiger partial charge in [0.25, 0.3) is 0 Å². The van der Waals surface area contributed by atoms with Crippen LogP contribution in [0.15, 0.2) is 36.5 Å². The van der Waals surface area contributed by atoms with Crippen LogP contribution in [0.3, 0.4) is 0 Å². The van der Waals surface area contributed by atoms with Crippen LogP contribution in [-0.4, -0.2) is 53.2 Å². The molecule has 2 N–H and O–H groups in total. The van der Waals surface area contributed by atoms with Crippen LogP contribution in [0.1, 0.15) is 29.4 Å². The van der Waals surface area contributed by atoms with E-state index in [1.165, 1.54) is 14.0 Å². The van der Waals surface area contributed by atoms with Crippen LogP contribution in [0.4, 0.5) is 11.4 Å². The van der Waals surface area contributed by atoms with Gasteiger partial charge in [-0.25, -0.2) is 9.78 Å². The fourth-order valence-electron chi connectivity index (χ4n) is 4.05. The number of aryl methyl sites for hydroxylation is 2. The van der Waals surface area contributed by atoms with Crippen LogP contribution in [0.25, 0.3) is 11.0 Å². The van der Waals surface area contributed by atoms with Crippen molar-refractivity contribution in [2.75, 3.05) is 36.4 Å². The van der Waals surface area contributed by atoms with Crippen molar-refractivity contribution in [3.63, 3.8) is 0 Å². The highest BCUT2D eigenvalue weighted by Gasteiger charge is 2.26. The zero-order valence-corrected chi connectivity index (χ0v) is 19.8. The fraction of sp³-hybridized carbons (Fsp3) is 0.375. The summed E-state index contributed by atoms with van der Waals surface area (Å²) < 4.78 is 12.1. The smallest absolute Gasteiger partial charge is 0.356 e. The van der Waals surface area contributed by atoms with Gasteiger partial charge in [0.05, 0.1) is 31.8 Å². The molecule has 1 saturated heterocycles. The summed E-state index contributed by atoms with van der Waals surface area (Å²) in [4.78, 5) is 29.5. The number of aromatic nitrogens is 2. The third-order valence-corrected chi connectivity index (χ3v) is 6.82. The van der Waals surface area contributed by atoms with Gasteiger partial charge < -0.3 is 24.7 Å². The van der Waals surface area contributed by atoms with Crippen molar-refractivity contribution in [2.45, 2.75) is 32.4 Å². The van der Waals surface area contributed by atoms with Gasteiger partial charge >= 0.3 is 5.97 Å². The molecule has 1 fully saturated rings. The molecular formula is C24H28N4O4S. The molecule has 3 heterocycles. The van der Waals surface area contributed by atoms with Crippen LogP contribution in [-0.2, 0) is 22.5 Å². The van der Waals surface area contributed by atoms with Crippen LogP contribution in [0, 0.1) is 0 Å². The molecule has 1 unspecified atom stereocenters. The van der Waals surface area contributed by atoms with E-state index in [1.54, 1.807) is 13.3 Å². The molecular weight excluding hydrogens is 440 g/mol. The van der Waals surface area contributed by atoms with E-state index in [4.69, 9.17) is 9.47 Å². The summed E-state index contributed by atoms with van der Waals surface area (Å²) in [6, 6.07) is 10.1. The van der Waals surface area contributed by atoms with Crippen molar-refractivity contribution in [3.05, 3.63) is 47.8 Å². The lowest BCUT2D eigenvalue weighted by atomic mass is 10.1. The number of ether oxygens (including phenoxy) is 2. The molecule has 2 aromatic heterocycles. The Morgan fingerprint density at radius 2 is 2.03 bits per heavy atom. The molecule has 1 aliphatic rings. The Hall–Kier alpha value is -3.20. The van der Waals surface area contributed by atoms with Crippen molar-refractivity contribution in [1.82, 2.24) is 9.55 Å². The second-order valence-electron chi connectivity index (χ2n) is 7.95. The number of anilines is 2. The maximum absolute atomic E-state index is 12.8. The zero-order valence-electron chi connectivity index (χ0n) is 19.0. The van der Waals surface area contributed by atoms with Gasteiger partial charge in [-0.15, -0.1) is 0 Å². The number of carbonyl (C=O) groups is 2. The van der Waals surface area contributed by atoms with Gasteiger partial charge in [0, 0.05) is 30.6 Å². The molecule has 0 aliphatic carbocycles. The van der Waals surface area contributed by atoms with Crippen molar-refractivity contribution in [1.29, 1.82) is 0 Å². The molecule has 174 valence electrons. The summed E-state index contributed by atoms with van der Waals surface area (Å²) in [7, 11) is 2.97. The monoisotopic (exact) mass is 468 g/mol. The molecule has 1 atom stereocenters. The number of nitrogens with zero attached hydrogens (tertiary/aromatic N) is 2.